The quantitative estimate of drug-likeness (QED) is 0.0478. The molecule has 0 aromatic rings. The van der Waals surface area contributed by atoms with Gasteiger partial charge in [-0.15, -0.1) is 0 Å². The SMILES string of the molecule is O=[C]CCOCCOCCOCCOCCOCCOCCOCCOCCNC(=O)CC[C@H](NC(=O)CCCCCCCCCCCCCCC(=O)N[C@@H](CCC(=O)O)C(=O)O)C(=O)O. The van der Waals surface area contributed by atoms with Crippen molar-refractivity contribution in [2.45, 2.75) is 134 Å². The number of carboxylic acids is 3. The Kier molecular flexibility index (Phi) is 44.9. The molecule has 0 rings (SSSR count). The molecule has 0 aliphatic heterocycles. The van der Waals surface area contributed by atoms with Crippen molar-refractivity contribution in [1.82, 2.24) is 16.0 Å². The highest BCUT2D eigenvalue weighted by molar-refractivity contribution is 5.85. The molecule has 66 heavy (non-hydrogen) atoms. The zero-order valence-corrected chi connectivity index (χ0v) is 39.1. The molecule has 0 aromatic carbocycles. The summed E-state index contributed by atoms with van der Waals surface area (Å²) in [5.74, 6) is -4.58. The molecule has 1 radical (unpaired) electrons. The number of rotatable bonds is 52. The van der Waals surface area contributed by atoms with E-state index in [4.69, 9.17) is 48.1 Å². The summed E-state index contributed by atoms with van der Waals surface area (Å²) < 4.78 is 43.2. The van der Waals surface area contributed by atoms with E-state index < -0.39 is 30.0 Å². The average molecular weight is 951 g/mol. The summed E-state index contributed by atoms with van der Waals surface area (Å²) in [6.45, 7) is 6.83. The van der Waals surface area contributed by atoms with Gasteiger partial charge in [0, 0.05) is 38.6 Å². The fourth-order valence-corrected chi connectivity index (χ4v) is 6.04. The van der Waals surface area contributed by atoms with E-state index in [1.165, 1.54) is 0 Å². The van der Waals surface area contributed by atoms with Crippen LogP contribution in [0.2, 0.25) is 0 Å². The highest BCUT2D eigenvalue weighted by atomic mass is 16.6. The first-order valence-corrected chi connectivity index (χ1v) is 23.6. The zero-order chi connectivity index (χ0) is 48.6. The lowest BCUT2D eigenvalue weighted by Crippen LogP contribution is -2.41. The van der Waals surface area contributed by atoms with Crippen molar-refractivity contribution in [2.24, 2.45) is 0 Å². The van der Waals surface area contributed by atoms with Crippen LogP contribution in [0.3, 0.4) is 0 Å². The van der Waals surface area contributed by atoms with Crippen molar-refractivity contribution in [2.75, 3.05) is 112 Å². The minimum atomic E-state index is -1.24. The Morgan fingerprint density at radius 3 is 1.00 bits per heavy atom. The normalized spacial score (nSPS) is 12.1. The van der Waals surface area contributed by atoms with Crippen molar-refractivity contribution in [3.63, 3.8) is 0 Å². The molecule has 0 bridgehead atoms. The van der Waals surface area contributed by atoms with E-state index >= 15 is 0 Å². The third kappa shape index (κ3) is 45.3. The van der Waals surface area contributed by atoms with Gasteiger partial charge in [0.05, 0.1) is 106 Å². The van der Waals surface area contributed by atoms with Crippen LogP contribution in [0.1, 0.15) is 122 Å². The predicted octanol–water partition coefficient (Wildman–Crippen LogP) is 2.98. The standard InChI is InChI=1S/C45H80N3O18/c49-21-13-22-59-24-26-61-28-30-63-32-34-65-36-37-66-35-33-64-31-29-62-27-25-60-23-20-46-40(50)18-16-38(44(55)56)47-41(51)14-11-9-7-5-3-1-2-4-6-8-10-12-15-42(52)48-39(45(57)58)17-19-43(53)54/h38-39H,1-20,22-37H2,(H,46,50)(H,47,51)(H,48,52)(H,53,54)(H,55,56)(H,57,58)/t38-,39-/m0/s1. The summed E-state index contributed by atoms with van der Waals surface area (Å²) in [6.07, 6.45) is 13.5. The third-order valence-corrected chi connectivity index (χ3v) is 9.65. The number of hydrogen-bond donors (Lipinski definition) is 6. The number of amides is 3. The van der Waals surface area contributed by atoms with Gasteiger partial charge in [-0.1, -0.05) is 64.2 Å². The highest BCUT2D eigenvalue weighted by Gasteiger charge is 2.22. The van der Waals surface area contributed by atoms with Crippen molar-refractivity contribution < 1.29 is 86.8 Å². The van der Waals surface area contributed by atoms with E-state index in [0.717, 1.165) is 64.2 Å². The van der Waals surface area contributed by atoms with Crippen LogP contribution in [0.5, 0.6) is 0 Å². The van der Waals surface area contributed by atoms with Crippen LogP contribution < -0.4 is 16.0 Å². The summed E-state index contributed by atoms with van der Waals surface area (Å²) in [7, 11) is 0. The summed E-state index contributed by atoms with van der Waals surface area (Å²) in [5.41, 5.74) is 0. The molecule has 0 aliphatic rings. The molecule has 3 amide bonds. The molecule has 21 nitrogen and oxygen atoms in total. The van der Waals surface area contributed by atoms with Crippen molar-refractivity contribution in [3.05, 3.63) is 0 Å². The van der Waals surface area contributed by atoms with Crippen LogP contribution in [0, 0.1) is 0 Å². The molecule has 0 aliphatic carbocycles. The third-order valence-electron chi connectivity index (χ3n) is 9.65. The minimum Gasteiger partial charge on any atom is -0.481 e. The molecule has 0 unspecified atom stereocenters. The maximum atomic E-state index is 12.4. The molecule has 0 heterocycles. The van der Waals surface area contributed by atoms with Crippen molar-refractivity contribution >= 4 is 41.9 Å². The van der Waals surface area contributed by atoms with Crippen LogP contribution in [0.25, 0.3) is 0 Å². The number of aliphatic carboxylic acids is 3. The van der Waals surface area contributed by atoms with Gasteiger partial charge in [0.1, 0.15) is 12.1 Å². The summed E-state index contributed by atoms with van der Waals surface area (Å²) in [4.78, 5) is 80.1. The summed E-state index contributed by atoms with van der Waals surface area (Å²) >= 11 is 0. The first-order valence-electron chi connectivity index (χ1n) is 23.6. The molecular formula is C45H80N3O18. The Labute approximate surface area is 390 Å². The number of carbonyl (C=O) groups is 6. The molecule has 0 aromatic heterocycles. The molecule has 2 atom stereocenters. The van der Waals surface area contributed by atoms with Crippen LogP contribution in [-0.2, 0) is 71.5 Å². The largest absolute Gasteiger partial charge is 0.481 e. The second-order valence-electron chi connectivity index (χ2n) is 15.3. The van der Waals surface area contributed by atoms with Crippen LogP contribution in [0.15, 0.2) is 0 Å². The Morgan fingerprint density at radius 2 is 0.682 bits per heavy atom. The van der Waals surface area contributed by atoms with E-state index in [2.05, 4.69) is 16.0 Å². The molecule has 6 N–H and O–H groups in total. The van der Waals surface area contributed by atoms with Gasteiger partial charge in [0.15, 0.2) is 0 Å². The highest BCUT2D eigenvalue weighted by Crippen LogP contribution is 2.13. The van der Waals surface area contributed by atoms with Gasteiger partial charge >= 0.3 is 17.9 Å². The predicted molar refractivity (Wildman–Crippen MR) is 240 cm³/mol. The molecule has 383 valence electrons. The number of ether oxygens (including phenoxy) is 8. The number of carbonyl (C=O) groups excluding carboxylic acids is 4. The smallest absolute Gasteiger partial charge is 0.326 e. The molecule has 0 fully saturated rings. The van der Waals surface area contributed by atoms with Gasteiger partial charge < -0.3 is 69.2 Å². The lowest BCUT2D eigenvalue weighted by molar-refractivity contribution is -0.143. The maximum Gasteiger partial charge on any atom is 0.326 e. The van der Waals surface area contributed by atoms with E-state index in [1.54, 1.807) is 6.29 Å². The van der Waals surface area contributed by atoms with Crippen molar-refractivity contribution in [3.8, 4) is 0 Å². The van der Waals surface area contributed by atoms with Gasteiger partial charge in [0.2, 0.25) is 24.0 Å². The van der Waals surface area contributed by atoms with E-state index in [-0.39, 0.29) is 75.8 Å². The fourth-order valence-electron chi connectivity index (χ4n) is 6.04. The lowest BCUT2D eigenvalue weighted by atomic mass is 10.0. The number of nitrogens with one attached hydrogen (secondary N) is 3. The maximum absolute atomic E-state index is 12.4. The lowest BCUT2D eigenvalue weighted by Gasteiger charge is -2.14. The van der Waals surface area contributed by atoms with Crippen LogP contribution in [0.4, 0.5) is 0 Å². The van der Waals surface area contributed by atoms with E-state index in [9.17, 15) is 38.7 Å². The molecule has 0 spiro atoms. The van der Waals surface area contributed by atoms with Gasteiger partial charge in [-0.3, -0.25) is 24.0 Å². The van der Waals surface area contributed by atoms with Crippen LogP contribution >= 0.6 is 0 Å². The Hall–Kier alpha value is -3.83. The van der Waals surface area contributed by atoms with Gasteiger partial charge in [0.25, 0.3) is 0 Å². The van der Waals surface area contributed by atoms with Crippen molar-refractivity contribution in [1.29, 1.82) is 0 Å². The van der Waals surface area contributed by atoms with Gasteiger partial charge in [-0.2, -0.15) is 0 Å². The van der Waals surface area contributed by atoms with Gasteiger partial charge in [-0.25, -0.2) is 9.59 Å². The first-order chi connectivity index (χ1) is 32.1. The monoisotopic (exact) mass is 951 g/mol. The topological polar surface area (TPSA) is 290 Å². The Morgan fingerprint density at radius 1 is 0.379 bits per heavy atom. The fraction of sp³-hybridized carbons (Fsp3) is 0.844. The summed E-state index contributed by atoms with van der Waals surface area (Å²) in [5, 5.41) is 35.0. The molecule has 21 heteroatoms. The van der Waals surface area contributed by atoms with Crippen LogP contribution in [-0.4, -0.2) is 182 Å². The number of carboxylic acid groups (broad SMARTS) is 3. The second-order valence-corrected chi connectivity index (χ2v) is 15.3. The Bertz CT molecular complexity index is 1250. The number of hydrogen-bond acceptors (Lipinski definition) is 15. The summed E-state index contributed by atoms with van der Waals surface area (Å²) in [6, 6.07) is -2.33. The van der Waals surface area contributed by atoms with E-state index in [1.807, 2.05) is 0 Å². The first kappa shape index (κ1) is 62.2. The molecular weight excluding hydrogens is 870 g/mol. The van der Waals surface area contributed by atoms with Gasteiger partial charge in [-0.05, 0) is 25.7 Å². The minimum absolute atomic E-state index is 0.0223. The number of unbranched alkanes of at least 4 members (excludes halogenated alkanes) is 11. The van der Waals surface area contributed by atoms with E-state index in [0.29, 0.717) is 112 Å². The zero-order valence-electron chi connectivity index (χ0n) is 39.1. The Balaban J connectivity index is 3.58. The molecule has 0 saturated carbocycles. The second kappa shape index (κ2) is 47.7. The average Bonchev–Trinajstić information content (AvgIpc) is 3.28. The molecule has 0 saturated heterocycles.